The summed E-state index contributed by atoms with van der Waals surface area (Å²) in [5.74, 6) is -1.73. The zero-order chi connectivity index (χ0) is 19.9. The van der Waals surface area contributed by atoms with Gasteiger partial charge in [0.25, 0.3) is 5.91 Å². The van der Waals surface area contributed by atoms with Crippen LogP contribution in [-0.4, -0.2) is 23.0 Å². The number of anilines is 2. The normalized spacial score (nSPS) is 11.5. The number of hydrogen-bond donors (Lipinski definition) is 2. The van der Waals surface area contributed by atoms with Gasteiger partial charge in [0.15, 0.2) is 16.9 Å². The number of carbonyl (C=O) groups is 2. The third kappa shape index (κ3) is 5.37. The molecule has 0 radical (unpaired) electrons. The van der Waals surface area contributed by atoms with Gasteiger partial charge in [0.05, 0.1) is 0 Å². The molecule has 1 unspecified atom stereocenters. The van der Waals surface area contributed by atoms with Gasteiger partial charge in [0.1, 0.15) is 5.82 Å². The van der Waals surface area contributed by atoms with Gasteiger partial charge in [-0.25, -0.2) is 14.2 Å². The van der Waals surface area contributed by atoms with Crippen LogP contribution in [-0.2, 0) is 16.1 Å². The number of benzene rings is 2. The fourth-order valence-electron chi connectivity index (χ4n) is 2.31. The number of nitrogens with one attached hydrogen (secondary N) is 2. The van der Waals surface area contributed by atoms with Crippen molar-refractivity contribution in [2.45, 2.75) is 19.6 Å². The lowest BCUT2D eigenvalue weighted by Gasteiger charge is -2.12. The summed E-state index contributed by atoms with van der Waals surface area (Å²) >= 11 is 1.27. The first-order chi connectivity index (χ1) is 13.5. The molecular weight excluding hydrogens is 381 g/mol. The lowest BCUT2D eigenvalue weighted by atomic mass is 10.2. The fraction of sp³-hybridized carbons (Fsp3) is 0.150. The maximum Gasteiger partial charge on any atom is 0.358 e. The molecule has 0 aliphatic carbocycles. The number of carbonyl (C=O) groups excluding carboxylic acids is 2. The average molecular weight is 399 g/mol. The van der Waals surface area contributed by atoms with Gasteiger partial charge in [-0.1, -0.05) is 36.4 Å². The lowest BCUT2D eigenvalue weighted by Crippen LogP contribution is -2.30. The molecule has 1 aromatic heterocycles. The molecule has 0 aliphatic heterocycles. The van der Waals surface area contributed by atoms with Crippen molar-refractivity contribution in [2.24, 2.45) is 0 Å². The second kappa shape index (κ2) is 9.09. The molecule has 144 valence electrons. The highest BCUT2D eigenvalue weighted by Gasteiger charge is 2.21. The standard InChI is InChI=1S/C20H18FN3O3S/c1-13(18(25)23-16-9-5-8-15(21)10-16)27-19(26)17-12-28-20(24-17)22-11-14-6-3-2-4-7-14/h2-10,12-13H,11H2,1H3,(H,22,24)(H,23,25). The number of hydrogen-bond acceptors (Lipinski definition) is 6. The van der Waals surface area contributed by atoms with E-state index in [1.54, 1.807) is 11.4 Å². The monoisotopic (exact) mass is 399 g/mol. The molecule has 3 rings (SSSR count). The summed E-state index contributed by atoms with van der Waals surface area (Å²) in [5, 5.41) is 7.77. The Labute approximate surface area is 165 Å². The van der Waals surface area contributed by atoms with E-state index < -0.39 is 23.8 Å². The summed E-state index contributed by atoms with van der Waals surface area (Å²) < 4.78 is 18.3. The summed E-state index contributed by atoms with van der Waals surface area (Å²) in [7, 11) is 0. The van der Waals surface area contributed by atoms with Gasteiger partial charge in [-0.05, 0) is 30.7 Å². The summed E-state index contributed by atoms with van der Waals surface area (Å²) in [4.78, 5) is 28.5. The van der Waals surface area contributed by atoms with Gasteiger partial charge in [-0.3, -0.25) is 4.79 Å². The lowest BCUT2D eigenvalue weighted by molar-refractivity contribution is -0.123. The smallest absolute Gasteiger partial charge is 0.358 e. The van der Waals surface area contributed by atoms with Crippen LogP contribution < -0.4 is 10.6 Å². The number of halogens is 1. The van der Waals surface area contributed by atoms with E-state index in [0.29, 0.717) is 11.7 Å². The van der Waals surface area contributed by atoms with Gasteiger partial charge in [-0.2, -0.15) is 0 Å². The quantitative estimate of drug-likeness (QED) is 0.585. The molecule has 0 fully saturated rings. The molecule has 3 aromatic rings. The number of amides is 1. The van der Waals surface area contributed by atoms with Crippen LogP contribution in [0.4, 0.5) is 15.2 Å². The van der Waals surface area contributed by atoms with Crippen LogP contribution >= 0.6 is 11.3 Å². The van der Waals surface area contributed by atoms with E-state index in [-0.39, 0.29) is 11.4 Å². The molecule has 0 saturated heterocycles. The van der Waals surface area contributed by atoms with Crippen molar-refractivity contribution >= 4 is 34.0 Å². The first kappa shape index (κ1) is 19.5. The highest BCUT2D eigenvalue weighted by Crippen LogP contribution is 2.18. The van der Waals surface area contributed by atoms with Crippen LogP contribution in [0.25, 0.3) is 0 Å². The Morgan fingerprint density at radius 1 is 1.18 bits per heavy atom. The van der Waals surface area contributed by atoms with Crippen molar-refractivity contribution in [1.82, 2.24) is 4.98 Å². The number of rotatable bonds is 7. The first-order valence-electron chi connectivity index (χ1n) is 8.52. The second-order valence-corrected chi connectivity index (χ2v) is 6.78. The third-order valence-corrected chi connectivity index (χ3v) is 4.55. The summed E-state index contributed by atoms with van der Waals surface area (Å²) in [6, 6.07) is 15.2. The summed E-state index contributed by atoms with van der Waals surface area (Å²) in [5.41, 5.74) is 1.49. The van der Waals surface area contributed by atoms with Crippen LogP contribution in [0.15, 0.2) is 60.0 Å². The molecule has 6 nitrogen and oxygen atoms in total. The molecule has 0 spiro atoms. The molecule has 2 N–H and O–H groups in total. The molecule has 1 atom stereocenters. The highest BCUT2D eigenvalue weighted by molar-refractivity contribution is 7.13. The average Bonchev–Trinajstić information content (AvgIpc) is 3.16. The van der Waals surface area contributed by atoms with Crippen LogP contribution in [0.1, 0.15) is 23.0 Å². The van der Waals surface area contributed by atoms with E-state index in [0.717, 1.165) is 5.56 Å². The number of aromatic nitrogens is 1. The molecule has 0 aliphatic rings. The van der Waals surface area contributed by atoms with Gasteiger partial charge >= 0.3 is 5.97 Å². The topological polar surface area (TPSA) is 80.3 Å². The minimum atomic E-state index is -1.06. The molecule has 1 amide bonds. The Morgan fingerprint density at radius 3 is 2.71 bits per heavy atom. The van der Waals surface area contributed by atoms with Crippen molar-refractivity contribution in [3.8, 4) is 0 Å². The van der Waals surface area contributed by atoms with Crippen LogP contribution in [0.2, 0.25) is 0 Å². The Hall–Kier alpha value is -3.26. The minimum absolute atomic E-state index is 0.117. The zero-order valence-electron chi connectivity index (χ0n) is 15.0. The molecule has 8 heteroatoms. The molecular formula is C20H18FN3O3S. The second-order valence-electron chi connectivity index (χ2n) is 5.92. The van der Waals surface area contributed by atoms with E-state index in [1.807, 2.05) is 30.3 Å². The van der Waals surface area contributed by atoms with E-state index in [9.17, 15) is 14.0 Å². The predicted molar refractivity (Wildman–Crippen MR) is 106 cm³/mol. The number of thiazole rings is 1. The number of ether oxygens (including phenoxy) is 1. The fourth-order valence-corrected chi connectivity index (χ4v) is 2.99. The third-order valence-electron chi connectivity index (χ3n) is 3.75. The summed E-state index contributed by atoms with van der Waals surface area (Å²) in [6.45, 7) is 2.02. The summed E-state index contributed by atoms with van der Waals surface area (Å²) in [6.07, 6.45) is -1.06. The Morgan fingerprint density at radius 2 is 1.96 bits per heavy atom. The van der Waals surface area contributed by atoms with Crippen LogP contribution in [0.3, 0.4) is 0 Å². The molecule has 28 heavy (non-hydrogen) atoms. The van der Waals surface area contributed by atoms with Gasteiger partial charge in [-0.15, -0.1) is 11.3 Å². The van der Waals surface area contributed by atoms with Gasteiger partial charge in [0, 0.05) is 17.6 Å². The first-order valence-corrected chi connectivity index (χ1v) is 9.40. The Balaban J connectivity index is 1.52. The maximum absolute atomic E-state index is 13.2. The number of esters is 1. The van der Waals surface area contributed by atoms with E-state index in [2.05, 4.69) is 15.6 Å². The van der Waals surface area contributed by atoms with E-state index >= 15 is 0 Å². The van der Waals surface area contributed by atoms with Crippen LogP contribution in [0, 0.1) is 5.82 Å². The maximum atomic E-state index is 13.2. The minimum Gasteiger partial charge on any atom is -0.448 e. The van der Waals surface area contributed by atoms with E-state index in [4.69, 9.17) is 4.74 Å². The van der Waals surface area contributed by atoms with Crippen LogP contribution in [0.5, 0.6) is 0 Å². The van der Waals surface area contributed by atoms with Gasteiger partial charge < -0.3 is 15.4 Å². The largest absolute Gasteiger partial charge is 0.448 e. The Bertz CT molecular complexity index is 962. The Kier molecular flexibility index (Phi) is 6.33. The number of nitrogens with zero attached hydrogens (tertiary/aromatic N) is 1. The van der Waals surface area contributed by atoms with Crippen molar-refractivity contribution < 1.29 is 18.7 Å². The van der Waals surface area contributed by atoms with Crippen molar-refractivity contribution in [3.05, 3.63) is 77.1 Å². The molecule has 0 bridgehead atoms. The SMILES string of the molecule is CC(OC(=O)c1csc(NCc2ccccc2)n1)C(=O)Nc1cccc(F)c1. The molecule has 0 saturated carbocycles. The van der Waals surface area contributed by atoms with Crippen molar-refractivity contribution in [1.29, 1.82) is 0 Å². The predicted octanol–water partition coefficient (Wildman–Crippen LogP) is 4.08. The van der Waals surface area contributed by atoms with Crippen molar-refractivity contribution in [2.75, 3.05) is 10.6 Å². The molecule has 1 heterocycles. The molecule has 2 aromatic carbocycles. The highest BCUT2D eigenvalue weighted by atomic mass is 32.1. The van der Waals surface area contributed by atoms with E-state index in [1.165, 1.54) is 36.5 Å². The van der Waals surface area contributed by atoms with Gasteiger partial charge in [0.2, 0.25) is 0 Å². The van der Waals surface area contributed by atoms with Crippen molar-refractivity contribution in [3.63, 3.8) is 0 Å². The zero-order valence-corrected chi connectivity index (χ0v) is 15.8.